The third-order valence-electron chi connectivity index (χ3n) is 3.20. The molecule has 0 aromatic rings. The van der Waals surface area contributed by atoms with Crippen LogP contribution >= 0.6 is 23.7 Å². The molecule has 0 radical (unpaired) electrons. The number of halogens is 1. The summed E-state index contributed by atoms with van der Waals surface area (Å²) in [5, 5.41) is -0.478. The summed E-state index contributed by atoms with van der Waals surface area (Å²) < 4.78 is 4.87. The standard InChI is InChI=1S/C9H15ClN2OS/c10-9(13)11-14-12-6-5-7-3-1-2-4-8(7)12/h7-8H,1-6H2,(H,11,13). The Kier molecular flexibility index (Phi) is 3.57. The fraction of sp³-hybridized carbons (Fsp3) is 0.889. The molecule has 14 heavy (non-hydrogen) atoms. The second-order valence-corrected chi connectivity index (χ2v) is 5.21. The second-order valence-electron chi connectivity index (χ2n) is 4.01. The number of carbonyl (C=O) groups excluding carboxylic acids is 1. The van der Waals surface area contributed by atoms with Crippen LogP contribution in [0.25, 0.3) is 0 Å². The fourth-order valence-electron chi connectivity index (χ4n) is 2.57. The van der Waals surface area contributed by atoms with E-state index in [0.29, 0.717) is 6.04 Å². The van der Waals surface area contributed by atoms with Gasteiger partial charge in [-0.1, -0.05) is 12.8 Å². The summed E-state index contributed by atoms with van der Waals surface area (Å²) in [7, 11) is 0. The molecule has 1 amide bonds. The molecule has 1 heterocycles. The first kappa shape index (κ1) is 10.6. The third kappa shape index (κ3) is 2.35. The quantitative estimate of drug-likeness (QED) is 0.453. The van der Waals surface area contributed by atoms with E-state index in [1.807, 2.05) is 0 Å². The summed E-state index contributed by atoms with van der Waals surface area (Å²) in [4.78, 5) is 10.6. The fourth-order valence-corrected chi connectivity index (χ4v) is 3.47. The Balaban J connectivity index is 1.84. The van der Waals surface area contributed by atoms with Crippen molar-refractivity contribution in [1.29, 1.82) is 0 Å². The van der Waals surface area contributed by atoms with Crippen molar-refractivity contribution in [2.45, 2.75) is 38.1 Å². The van der Waals surface area contributed by atoms with Crippen molar-refractivity contribution in [1.82, 2.24) is 9.03 Å². The van der Waals surface area contributed by atoms with Gasteiger partial charge in [0.15, 0.2) is 0 Å². The summed E-state index contributed by atoms with van der Waals surface area (Å²) in [6.45, 7) is 1.08. The molecule has 1 N–H and O–H groups in total. The molecule has 1 aliphatic carbocycles. The van der Waals surface area contributed by atoms with Gasteiger partial charge in [-0.2, -0.15) is 0 Å². The average Bonchev–Trinajstić information content (AvgIpc) is 2.58. The number of hydrogen-bond donors (Lipinski definition) is 1. The second kappa shape index (κ2) is 4.73. The number of rotatable bonds is 2. The highest BCUT2D eigenvalue weighted by atomic mass is 35.5. The lowest BCUT2D eigenvalue weighted by Crippen LogP contribution is -2.32. The van der Waals surface area contributed by atoms with Gasteiger partial charge in [-0.15, -0.1) is 0 Å². The lowest BCUT2D eigenvalue weighted by molar-refractivity contribution is 0.261. The first-order valence-electron chi connectivity index (χ1n) is 5.16. The van der Waals surface area contributed by atoms with Crippen LogP contribution in [0.1, 0.15) is 32.1 Å². The molecule has 1 saturated heterocycles. The topological polar surface area (TPSA) is 32.3 Å². The highest BCUT2D eigenvalue weighted by Gasteiger charge is 2.36. The van der Waals surface area contributed by atoms with E-state index in [1.165, 1.54) is 44.2 Å². The van der Waals surface area contributed by atoms with Gasteiger partial charge in [0.2, 0.25) is 0 Å². The van der Waals surface area contributed by atoms with Crippen LogP contribution in [0.5, 0.6) is 0 Å². The van der Waals surface area contributed by atoms with Gasteiger partial charge >= 0.3 is 5.37 Å². The predicted octanol–water partition coefficient (Wildman–Crippen LogP) is 2.76. The average molecular weight is 235 g/mol. The van der Waals surface area contributed by atoms with Crippen LogP contribution in [-0.2, 0) is 0 Å². The van der Waals surface area contributed by atoms with Gasteiger partial charge in [-0.25, -0.2) is 4.31 Å². The number of nitrogens with one attached hydrogen (secondary N) is 1. The minimum atomic E-state index is -0.478. The molecule has 1 saturated carbocycles. The lowest BCUT2D eigenvalue weighted by atomic mass is 9.86. The number of carbonyl (C=O) groups is 1. The van der Waals surface area contributed by atoms with E-state index >= 15 is 0 Å². The minimum absolute atomic E-state index is 0.478. The van der Waals surface area contributed by atoms with Gasteiger partial charge in [0, 0.05) is 24.7 Å². The summed E-state index contributed by atoms with van der Waals surface area (Å²) in [6.07, 6.45) is 6.61. The molecule has 3 nitrogen and oxygen atoms in total. The minimum Gasteiger partial charge on any atom is -0.273 e. The maximum absolute atomic E-state index is 10.6. The van der Waals surface area contributed by atoms with E-state index in [9.17, 15) is 4.79 Å². The molecule has 2 fully saturated rings. The van der Waals surface area contributed by atoms with Crippen LogP contribution in [-0.4, -0.2) is 22.3 Å². The van der Waals surface area contributed by atoms with Gasteiger partial charge in [0.25, 0.3) is 0 Å². The van der Waals surface area contributed by atoms with Gasteiger partial charge in [0.05, 0.1) is 0 Å². The van der Waals surface area contributed by atoms with Crippen molar-refractivity contribution in [3.8, 4) is 0 Å². The number of nitrogens with zero attached hydrogens (tertiary/aromatic N) is 1. The Morgan fingerprint density at radius 3 is 2.93 bits per heavy atom. The molecule has 0 spiro atoms. The molecule has 0 bridgehead atoms. The zero-order valence-electron chi connectivity index (χ0n) is 8.04. The van der Waals surface area contributed by atoms with Crippen molar-refractivity contribution >= 4 is 29.1 Å². The molecule has 5 heteroatoms. The third-order valence-corrected chi connectivity index (χ3v) is 4.37. The van der Waals surface area contributed by atoms with Crippen LogP contribution < -0.4 is 4.72 Å². The molecular weight excluding hydrogens is 220 g/mol. The van der Waals surface area contributed by atoms with Crippen LogP contribution in [0.15, 0.2) is 0 Å². The Morgan fingerprint density at radius 1 is 1.36 bits per heavy atom. The maximum atomic E-state index is 10.6. The number of amides is 1. The van der Waals surface area contributed by atoms with Crippen molar-refractivity contribution < 1.29 is 4.79 Å². The van der Waals surface area contributed by atoms with E-state index < -0.39 is 5.37 Å². The normalized spacial score (nSPS) is 32.6. The molecule has 80 valence electrons. The summed E-state index contributed by atoms with van der Waals surface area (Å²) in [5.41, 5.74) is 0. The van der Waals surface area contributed by atoms with Crippen LogP contribution in [0.2, 0.25) is 0 Å². The molecule has 0 aromatic carbocycles. The van der Waals surface area contributed by atoms with Gasteiger partial charge < -0.3 is 0 Å². The van der Waals surface area contributed by atoms with Crippen molar-refractivity contribution in [3.05, 3.63) is 0 Å². The predicted molar refractivity (Wildman–Crippen MR) is 59.0 cm³/mol. The molecule has 1 aliphatic heterocycles. The Bertz CT molecular complexity index is 227. The zero-order chi connectivity index (χ0) is 9.97. The first-order chi connectivity index (χ1) is 6.77. The molecule has 2 rings (SSSR count). The molecular formula is C9H15ClN2OS. The molecule has 2 unspecified atom stereocenters. The summed E-state index contributed by atoms with van der Waals surface area (Å²) >= 11 is 6.61. The maximum Gasteiger partial charge on any atom is 0.324 e. The van der Waals surface area contributed by atoms with Crippen LogP contribution in [0, 0.1) is 5.92 Å². The van der Waals surface area contributed by atoms with Gasteiger partial charge in [-0.05, 0) is 36.8 Å². The molecule has 0 aromatic heterocycles. The van der Waals surface area contributed by atoms with E-state index in [1.54, 1.807) is 0 Å². The Hall–Kier alpha value is 0.0700. The SMILES string of the molecule is O=C(Cl)NSN1CCC2CCCCC21. The van der Waals surface area contributed by atoms with Gasteiger partial charge in [-0.3, -0.25) is 9.52 Å². The number of fused-ring (bicyclic) bond motifs is 1. The molecule has 2 aliphatic rings. The monoisotopic (exact) mass is 234 g/mol. The summed E-state index contributed by atoms with van der Waals surface area (Å²) in [6, 6.07) is 0.664. The first-order valence-corrected chi connectivity index (χ1v) is 6.31. The lowest BCUT2D eigenvalue weighted by Gasteiger charge is -2.30. The van der Waals surface area contributed by atoms with Crippen LogP contribution in [0.4, 0.5) is 4.79 Å². The van der Waals surface area contributed by atoms with Crippen molar-refractivity contribution in [2.75, 3.05) is 6.54 Å². The van der Waals surface area contributed by atoms with E-state index in [-0.39, 0.29) is 0 Å². The van der Waals surface area contributed by atoms with Gasteiger partial charge in [0.1, 0.15) is 0 Å². The van der Waals surface area contributed by atoms with Crippen LogP contribution in [0.3, 0.4) is 0 Å². The highest BCUT2D eigenvalue weighted by molar-refractivity contribution is 7.95. The Labute approximate surface area is 93.8 Å². The Morgan fingerprint density at radius 2 is 2.14 bits per heavy atom. The van der Waals surface area contributed by atoms with Crippen molar-refractivity contribution in [2.24, 2.45) is 5.92 Å². The summed E-state index contributed by atoms with van der Waals surface area (Å²) in [5.74, 6) is 0.850. The number of hydrogen-bond acceptors (Lipinski definition) is 3. The molecule has 2 atom stereocenters. The highest BCUT2D eigenvalue weighted by Crippen LogP contribution is 2.38. The van der Waals surface area contributed by atoms with E-state index in [2.05, 4.69) is 9.03 Å². The zero-order valence-corrected chi connectivity index (χ0v) is 9.61. The van der Waals surface area contributed by atoms with Crippen molar-refractivity contribution in [3.63, 3.8) is 0 Å². The van der Waals surface area contributed by atoms with E-state index in [4.69, 9.17) is 11.6 Å². The smallest absolute Gasteiger partial charge is 0.273 e. The largest absolute Gasteiger partial charge is 0.324 e. The van der Waals surface area contributed by atoms with E-state index in [0.717, 1.165) is 12.5 Å².